The van der Waals surface area contributed by atoms with Gasteiger partial charge in [0, 0.05) is 5.41 Å². The first-order valence-corrected chi connectivity index (χ1v) is 6.12. The van der Waals surface area contributed by atoms with Gasteiger partial charge in [0.05, 0.1) is 24.8 Å². The number of ether oxygens (including phenoxy) is 1. The molecule has 1 aliphatic heterocycles. The Labute approximate surface area is 107 Å². The molecule has 1 fully saturated rings. The van der Waals surface area contributed by atoms with Crippen molar-refractivity contribution in [2.45, 2.75) is 39.2 Å². The highest BCUT2D eigenvalue weighted by Crippen LogP contribution is 2.51. The average molecular weight is 250 g/mol. The number of carbonyl (C=O) groups is 1. The first-order valence-electron chi connectivity index (χ1n) is 6.12. The Morgan fingerprint density at radius 2 is 2.22 bits per heavy atom. The molecule has 2 aliphatic rings. The fourth-order valence-electron chi connectivity index (χ4n) is 2.96. The van der Waals surface area contributed by atoms with Crippen LogP contribution in [0.2, 0.25) is 0 Å². The topological polar surface area (TPSA) is 71.7 Å². The van der Waals surface area contributed by atoms with Gasteiger partial charge in [-0.3, -0.25) is 0 Å². The fourth-order valence-corrected chi connectivity index (χ4v) is 2.96. The molecule has 3 atom stereocenters. The molecular weight excluding hydrogens is 232 g/mol. The van der Waals surface area contributed by atoms with Crippen LogP contribution in [-0.2, 0) is 14.4 Å². The maximum atomic E-state index is 12.1. The summed E-state index contributed by atoms with van der Waals surface area (Å²) in [7, 11) is 1.32. The molecule has 5 heteroatoms. The van der Waals surface area contributed by atoms with Crippen LogP contribution in [0.3, 0.4) is 0 Å². The van der Waals surface area contributed by atoms with Crippen molar-refractivity contribution < 1.29 is 14.4 Å². The van der Waals surface area contributed by atoms with Crippen LogP contribution in [0.1, 0.15) is 33.6 Å². The van der Waals surface area contributed by atoms with Crippen molar-refractivity contribution in [2.24, 2.45) is 22.4 Å². The highest BCUT2D eigenvalue weighted by molar-refractivity contribution is 5.99. The first-order chi connectivity index (χ1) is 8.37. The number of esters is 1. The molecule has 1 aliphatic carbocycles. The monoisotopic (exact) mass is 250 g/mol. The van der Waals surface area contributed by atoms with Crippen molar-refractivity contribution in [1.29, 1.82) is 5.26 Å². The van der Waals surface area contributed by atoms with Crippen molar-refractivity contribution in [3.05, 3.63) is 0 Å². The van der Waals surface area contributed by atoms with E-state index in [-0.39, 0.29) is 11.3 Å². The minimum atomic E-state index is -1.22. The second-order valence-electron chi connectivity index (χ2n) is 5.91. The molecule has 0 spiro atoms. The standard InChI is InChI=1S/C13H18N2O3/c1-12(2,3)10-9-6-5-8(7-14)13(9,18-15-10)11(16)17-4/h8-9H,5-6H2,1-4H3. The van der Waals surface area contributed by atoms with Gasteiger partial charge in [-0.25, -0.2) is 4.79 Å². The molecule has 0 N–H and O–H groups in total. The molecule has 0 saturated heterocycles. The van der Waals surface area contributed by atoms with Crippen molar-refractivity contribution in [3.8, 4) is 6.07 Å². The van der Waals surface area contributed by atoms with Crippen LogP contribution >= 0.6 is 0 Å². The molecule has 2 rings (SSSR count). The summed E-state index contributed by atoms with van der Waals surface area (Å²) in [6.07, 6.45) is 1.38. The van der Waals surface area contributed by atoms with Gasteiger partial charge in [-0.2, -0.15) is 5.26 Å². The summed E-state index contributed by atoms with van der Waals surface area (Å²) in [5, 5.41) is 13.3. The summed E-state index contributed by atoms with van der Waals surface area (Å²) in [5.74, 6) is -1.12. The van der Waals surface area contributed by atoms with E-state index in [1.807, 2.05) is 20.8 Å². The number of oxime groups is 1. The van der Waals surface area contributed by atoms with Gasteiger partial charge in [0.1, 0.15) is 5.92 Å². The molecule has 0 radical (unpaired) electrons. The molecular formula is C13H18N2O3. The van der Waals surface area contributed by atoms with Crippen LogP contribution in [0.5, 0.6) is 0 Å². The third-order valence-corrected chi connectivity index (χ3v) is 3.83. The van der Waals surface area contributed by atoms with Crippen LogP contribution in [0.15, 0.2) is 5.16 Å². The summed E-state index contributed by atoms with van der Waals surface area (Å²) >= 11 is 0. The number of hydrogen-bond donors (Lipinski definition) is 0. The minimum Gasteiger partial charge on any atom is -0.466 e. The molecule has 0 bridgehead atoms. The lowest BCUT2D eigenvalue weighted by Gasteiger charge is -2.28. The zero-order chi connectivity index (χ0) is 13.6. The van der Waals surface area contributed by atoms with Crippen molar-refractivity contribution >= 4 is 11.7 Å². The number of fused-ring (bicyclic) bond motifs is 1. The number of hydrogen-bond acceptors (Lipinski definition) is 5. The van der Waals surface area contributed by atoms with Crippen LogP contribution in [0.4, 0.5) is 0 Å². The number of nitriles is 1. The Balaban J connectivity index is 2.43. The number of nitrogens with zero attached hydrogens (tertiary/aromatic N) is 2. The van der Waals surface area contributed by atoms with Gasteiger partial charge in [0.15, 0.2) is 0 Å². The molecule has 0 aromatic heterocycles. The number of carbonyl (C=O) groups excluding carboxylic acids is 1. The zero-order valence-corrected chi connectivity index (χ0v) is 11.2. The number of methoxy groups -OCH3 is 1. The Morgan fingerprint density at radius 3 is 2.72 bits per heavy atom. The summed E-state index contributed by atoms with van der Waals surface area (Å²) in [6, 6.07) is 2.16. The van der Waals surface area contributed by atoms with Gasteiger partial charge in [-0.1, -0.05) is 25.9 Å². The maximum absolute atomic E-state index is 12.1. The Hall–Kier alpha value is -1.57. The van der Waals surface area contributed by atoms with Crippen molar-refractivity contribution in [2.75, 3.05) is 7.11 Å². The molecule has 3 unspecified atom stereocenters. The third kappa shape index (κ3) is 1.52. The normalized spacial score (nSPS) is 34.3. The quantitative estimate of drug-likeness (QED) is 0.666. The van der Waals surface area contributed by atoms with Crippen LogP contribution in [0, 0.1) is 28.6 Å². The Morgan fingerprint density at radius 1 is 1.56 bits per heavy atom. The Bertz CT molecular complexity index is 444. The SMILES string of the molecule is COC(=O)C12ON=C(C(C)(C)C)C1CCC2C#N. The second kappa shape index (κ2) is 3.98. The smallest absolute Gasteiger partial charge is 0.355 e. The lowest BCUT2D eigenvalue weighted by atomic mass is 9.74. The second-order valence-corrected chi connectivity index (χ2v) is 5.91. The highest BCUT2D eigenvalue weighted by atomic mass is 16.7. The van der Waals surface area contributed by atoms with E-state index < -0.39 is 17.5 Å². The van der Waals surface area contributed by atoms with Crippen LogP contribution < -0.4 is 0 Å². The van der Waals surface area contributed by atoms with Crippen LogP contribution in [0.25, 0.3) is 0 Å². The van der Waals surface area contributed by atoms with E-state index in [1.54, 1.807) is 0 Å². The van der Waals surface area contributed by atoms with Crippen molar-refractivity contribution in [3.63, 3.8) is 0 Å². The molecule has 0 aromatic carbocycles. The van der Waals surface area contributed by atoms with E-state index in [0.717, 1.165) is 12.1 Å². The van der Waals surface area contributed by atoms with Gasteiger partial charge < -0.3 is 9.57 Å². The summed E-state index contributed by atoms with van der Waals surface area (Å²) < 4.78 is 4.84. The lowest BCUT2D eigenvalue weighted by molar-refractivity contribution is -0.172. The zero-order valence-electron chi connectivity index (χ0n) is 11.2. The predicted octanol–water partition coefficient (Wildman–Crippen LogP) is 1.88. The molecule has 1 heterocycles. The van der Waals surface area contributed by atoms with E-state index in [4.69, 9.17) is 9.57 Å². The first kappa shape index (κ1) is 12.9. The summed E-state index contributed by atoms with van der Waals surface area (Å²) in [4.78, 5) is 17.5. The van der Waals surface area contributed by atoms with Crippen molar-refractivity contribution in [1.82, 2.24) is 0 Å². The molecule has 0 amide bonds. The van der Waals surface area contributed by atoms with Gasteiger partial charge in [-0.15, -0.1) is 0 Å². The van der Waals surface area contributed by atoms with E-state index in [9.17, 15) is 10.1 Å². The third-order valence-electron chi connectivity index (χ3n) is 3.83. The molecule has 18 heavy (non-hydrogen) atoms. The Kier molecular flexibility index (Phi) is 2.84. The average Bonchev–Trinajstić information content (AvgIpc) is 2.83. The maximum Gasteiger partial charge on any atom is 0.355 e. The largest absolute Gasteiger partial charge is 0.466 e. The highest BCUT2D eigenvalue weighted by Gasteiger charge is 2.65. The number of rotatable bonds is 1. The molecule has 1 saturated carbocycles. The van der Waals surface area contributed by atoms with E-state index in [2.05, 4.69) is 11.2 Å². The van der Waals surface area contributed by atoms with E-state index in [1.165, 1.54) is 7.11 Å². The lowest BCUT2D eigenvalue weighted by Crippen LogP contribution is -2.49. The predicted molar refractivity (Wildman–Crippen MR) is 64.5 cm³/mol. The minimum absolute atomic E-state index is 0.144. The molecule has 5 nitrogen and oxygen atoms in total. The van der Waals surface area contributed by atoms with Gasteiger partial charge in [-0.05, 0) is 12.8 Å². The van der Waals surface area contributed by atoms with Gasteiger partial charge >= 0.3 is 5.97 Å². The molecule has 0 aromatic rings. The summed E-state index contributed by atoms with van der Waals surface area (Å²) in [6.45, 7) is 6.09. The van der Waals surface area contributed by atoms with Gasteiger partial charge in [0.2, 0.25) is 0 Å². The van der Waals surface area contributed by atoms with E-state index >= 15 is 0 Å². The molecule has 98 valence electrons. The van der Waals surface area contributed by atoms with E-state index in [0.29, 0.717) is 6.42 Å². The fraction of sp³-hybridized carbons (Fsp3) is 0.769. The van der Waals surface area contributed by atoms with Crippen LogP contribution in [-0.4, -0.2) is 24.4 Å². The van der Waals surface area contributed by atoms with Gasteiger partial charge in [0.25, 0.3) is 5.60 Å². The summed E-state index contributed by atoms with van der Waals surface area (Å²) in [5.41, 5.74) is -0.540.